The minimum absolute atomic E-state index is 0.0234. The third-order valence-electron chi connectivity index (χ3n) is 6.39. The van der Waals surface area contributed by atoms with Gasteiger partial charge in [-0.15, -0.1) is 0 Å². The molecule has 0 radical (unpaired) electrons. The molecule has 1 saturated heterocycles. The van der Waals surface area contributed by atoms with Gasteiger partial charge in [0, 0.05) is 31.9 Å². The summed E-state index contributed by atoms with van der Waals surface area (Å²) in [7, 11) is 0. The summed E-state index contributed by atoms with van der Waals surface area (Å²) in [5, 5.41) is 0. The van der Waals surface area contributed by atoms with E-state index >= 15 is 0 Å². The predicted octanol–water partition coefficient (Wildman–Crippen LogP) is 6.53. The SMILES string of the molecule is Cc1ccc(C(F)(F)F)cc1N1CCN(C(=S)[C@H]2C(c3ccc(C(F)(F)F)cc3)C2(F)F)CC1. The van der Waals surface area contributed by atoms with E-state index in [0.717, 1.165) is 36.4 Å². The summed E-state index contributed by atoms with van der Waals surface area (Å²) in [4.78, 5) is 3.40. The number of alkyl halides is 8. The van der Waals surface area contributed by atoms with E-state index in [4.69, 9.17) is 12.2 Å². The predicted molar refractivity (Wildman–Crippen MR) is 115 cm³/mol. The van der Waals surface area contributed by atoms with Crippen LogP contribution in [0.2, 0.25) is 0 Å². The van der Waals surface area contributed by atoms with Crippen molar-refractivity contribution in [2.24, 2.45) is 5.92 Å². The van der Waals surface area contributed by atoms with Crippen molar-refractivity contribution < 1.29 is 35.1 Å². The van der Waals surface area contributed by atoms with Crippen LogP contribution in [0.25, 0.3) is 0 Å². The summed E-state index contributed by atoms with van der Waals surface area (Å²) in [6.45, 7) is 2.80. The van der Waals surface area contributed by atoms with Crippen molar-refractivity contribution >= 4 is 22.9 Å². The van der Waals surface area contributed by atoms with E-state index in [0.29, 0.717) is 24.3 Å². The van der Waals surface area contributed by atoms with Crippen LogP contribution in [-0.4, -0.2) is 42.0 Å². The molecule has 2 atom stereocenters. The molecule has 1 unspecified atom stereocenters. The van der Waals surface area contributed by atoms with E-state index < -0.39 is 41.2 Å². The Balaban J connectivity index is 1.43. The maximum Gasteiger partial charge on any atom is 0.416 e. The van der Waals surface area contributed by atoms with Crippen molar-refractivity contribution in [3.05, 3.63) is 64.7 Å². The normalized spacial score (nSPS) is 22.6. The standard InChI is InChI=1S/C23H20F8N2S/c1-13-2-5-16(23(29,30)31)12-17(13)32-8-10-33(11-9-32)20(34)19-18(21(19,24)25)14-3-6-15(7-4-14)22(26,27)28/h2-7,12,18-19H,8-11H2,1H3/t18?,19-/m1/s1. The lowest BCUT2D eigenvalue weighted by molar-refractivity contribution is -0.138. The van der Waals surface area contributed by atoms with Gasteiger partial charge in [-0.3, -0.25) is 0 Å². The molecule has 0 N–H and O–H groups in total. The number of halogens is 8. The van der Waals surface area contributed by atoms with Gasteiger partial charge in [0.25, 0.3) is 5.92 Å². The fraction of sp³-hybridized carbons (Fsp3) is 0.435. The van der Waals surface area contributed by atoms with Gasteiger partial charge in [-0.25, -0.2) is 8.78 Å². The number of nitrogens with zero attached hydrogens (tertiary/aromatic N) is 2. The van der Waals surface area contributed by atoms with E-state index in [1.54, 1.807) is 16.7 Å². The molecule has 2 aromatic rings. The molecule has 2 fully saturated rings. The number of piperazine rings is 1. The highest BCUT2D eigenvalue weighted by molar-refractivity contribution is 7.80. The van der Waals surface area contributed by atoms with Gasteiger partial charge in [0.05, 0.1) is 28.0 Å². The smallest absolute Gasteiger partial charge is 0.368 e. The van der Waals surface area contributed by atoms with E-state index in [2.05, 4.69) is 0 Å². The third kappa shape index (κ3) is 4.58. The Morgan fingerprint density at radius 3 is 1.91 bits per heavy atom. The van der Waals surface area contributed by atoms with Crippen molar-refractivity contribution in [1.29, 1.82) is 0 Å². The van der Waals surface area contributed by atoms with Crippen LogP contribution in [0, 0.1) is 12.8 Å². The first-order chi connectivity index (χ1) is 15.7. The first-order valence-electron chi connectivity index (χ1n) is 10.5. The lowest BCUT2D eigenvalue weighted by Gasteiger charge is -2.38. The molecule has 0 bridgehead atoms. The van der Waals surface area contributed by atoms with Gasteiger partial charge in [-0.05, 0) is 42.3 Å². The maximum absolute atomic E-state index is 14.6. The zero-order valence-corrected chi connectivity index (χ0v) is 18.7. The van der Waals surface area contributed by atoms with Crippen molar-refractivity contribution in [2.75, 3.05) is 31.1 Å². The van der Waals surface area contributed by atoms with Gasteiger partial charge >= 0.3 is 12.4 Å². The lowest BCUT2D eigenvalue weighted by atomic mass is 10.1. The number of thiocarbonyl (C=S) groups is 1. The topological polar surface area (TPSA) is 6.48 Å². The van der Waals surface area contributed by atoms with Crippen molar-refractivity contribution in [3.63, 3.8) is 0 Å². The maximum atomic E-state index is 14.6. The van der Waals surface area contributed by atoms with Gasteiger partial charge in [0.2, 0.25) is 0 Å². The summed E-state index contributed by atoms with van der Waals surface area (Å²) in [5.41, 5.74) is -0.494. The summed E-state index contributed by atoms with van der Waals surface area (Å²) in [6, 6.07) is 7.16. The second-order valence-electron chi connectivity index (χ2n) is 8.56. The molecule has 1 aliphatic carbocycles. The highest BCUT2D eigenvalue weighted by atomic mass is 32.1. The van der Waals surface area contributed by atoms with E-state index in [1.165, 1.54) is 6.07 Å². The molecule has 0 spiro atoms. The first-order valence-corrected chi connectivity index (χ1v) is 10.9. The van der Waals surface area contributed by atoms with Crippen LogP contribution in [0.15, 0.2) is 42.5 Å². The highest BCUT2D eigenvalue weighted by Gasteiger charge is 2.71. The molecular formula is C23H20F8N2S. The Kier molecular flexibility index (Phi) is 6.06. The molecule has 4 rings (SSSR count). The van der Waals surface area contributed by atoms with Crippen LogP contribution in [0.5, 0.6) is 0 Å². The molecule has 184 valence electrons. The quantitative estimate of drug-likeness (QED) is 0.344. The van der Waals surface area contributed by atoms with Gasteiger partial charge in [0.1, 0.15) is 0 Å². The summed E-state index contributed by atoms with van der Waals surface area (Å²) in [5.74, 6) is -5.78. The average molecular weight is 508 g/mol. The Morgan fingerprint density at radius 1 is 0.853 bits per heavy atom. The zero-order valence-electron chi connectivity index (χ0n) is 17.9. The lowest BCUT2D eigenvalue weighted by Crippen LogP contribution is -2.49. The number of hydrogen-bond acceptors (Lipinski definition) is 2. The monoisotopic (exact) mass is 508 g/mol. The minimum Gasteiger partial charge on any atom is -0.368 e. The largest absolute Gasteiger partial charge is 0.416 e. The molecule has 1 aliphatic heterocycles. The van der Waals surface area contributed by atoms with Crippen LogP contribution in [-0.2, 0) is 12.4 Å². The Labute approximate surface area is 196 Å². The van der Waals surface area contributed by atoms with Gasteiger partial charge in [0.15, 0.2) is 0 Å². The number of rotatable bonds is 3. The van der Waals surface area contributed by atoms with Crippen molar-refractivity contribution in [3.8, 4) is 0 Å². The van der Waals surface area contributed by atoms with Crippen LogP contribution in [0.4, 0.5) is 40.8 Å². The summed E-state index contributed by atoms with van der Waals surface area (Å²) >= 11 is 5.32. The average Bonchev–Trinajstić information content (AvgIpc) is 3.34. The van der Waals surface area contributed by atoms with Gasteiger partial charge in [-0.1, -0.05) is 30.4 Å². The molecule has 2 aromatic carbocycles. The first kappa shape index (κ1) is 24.7. The van der Waals surface area contributed by atoms with Crippen LogP contribution in [0.1, 0.15) is 28.2 Å². The fourth-order valence-corrected chi connectivity index (χ4v) is 4.89. The fourth-order valence-electron chi connectivity index (χ4n) is 4.42. The molecule has 1 heterocycles. The Hall–Kier alpha value is -2.43. The second-order valence-corrected chi connectivity index (χ2v) is 8.98. The number of anilines is 1. The van der Waals surface area contributed by atoms with Crippen LogP contribution in [0.3, 0.4) is 0 Å². The molecule has 34 heavy (non-hydrogen) atoms. The number of aryl methyl sites for hydroxylation is 1. The van der Waals surface area contributed by atoms with Crippen LogP contribution >= 0.6 is 12.2 Å². The third-order valence-corrected chi connectivity index (χ3v) is 6.90. The highest BCUT2D eigenvalue weighted by Crippen LogP contribution is 2.62. The molecule has 2 aliphatic rings. The molecule has 1 saturated carbocycles. The van der Waals surface area contributed by atoms with E-state index in [-0.39, 0.29) is 23.6 Å². The van der Waals surface area contributed by atoms with Crippen molar-refractivity contribution in [1.82, 2.24) is 4.90 Å². The molecule has 2 nitrogen and oxygen atoms in total. The second kappa shape index (κ2) is 8.35. The molecule has 11 heteroatoms. The molecule has 0 amide bonds. The number of hydrogen-bond donors (Lipinski definition) is 0. The number of benzene rings is 2. The summed E-state index contributed by atoms with van der Waals surface area (Å²) < 4.78 is 107. The summed E-state index contributed by atoms with van der Waals surface area (Å²) in [6.07, 6.45) is -9.03. The van der Waals surface area contributed by atoms with E-state index in [9.17, 15) is 35.1 Å². The van der Waals surface area contributed by atoms with E-state index in [1.807, 2.05) is 0 Å². The zero-order chi connectivity index (χ0) is 25.1. The molecule has 0 aromatic heterocycles. The minimum atomic E-state index is -4.56. The Bertz CT molecular complexity index is 1070. The molecular weight excluding hydrogens is 488 g/mol. The van der Waals surface area contributed by atoms with Crippen LogP contribution < -0.4 is 4.90 Å². The Morgan fingerprint density at radius 2 is 1.38 bits per heavy atom. The van der Waals surface area contributed by atoms with Gasteiger partial charge in [-0.2, -0.15) is 26.3 Å². The van der Waals surface area contributed by atoms with Gasteiger partial charge < -0.3 is 9.80 Å². The van der Waals surface area contributed by atoms with Crippen molar-refractivity contribution in [2.45, 2.75) is 31.1 Å².